The Morgan fingerprint density at radius 3 is 1.49 bits per heavy atom. The second kappa shape index (κ2) is 15.2. The SMILES string of the molecule is CCS(=O)(=O)c1ccc(C(C)=NNc2cc(NN=C(C)c3ccc(S(=O)(=O)CC)c(Cl)c3Cl)nc(Nc3ccccc3)n2)c(Cl)c1Cl. The summed E-state index contributed by atoms with van der Waals surface area (Å²) in [6.07, 6.45) is 0. The monoisotopic (exact) mass is 755 g/mol. The van der Waals surface area contributed by atoms with Crippen molar-refractivity contribution < 1.29 is 16.8 Å². The van der Waals surface area contributed by atoms with E-state index in [-0.39, 0.29) is 59.0 Å². The molecule has 4 aromatic rings. The highest BCUT2D eigenvalue weighted by atomic mass is 35.5. The van der Waals surface area contributed by atoms with Gasteiger partial charge in [0.2, 0.25) is 5.95 Å². The van der Waals surface area contributed by atoms with E-state index >= 15 is 0 Å². The van der Waals surface area contributed by atoms with E-state index in [0.29, 0.717) is 22.6 Å². The molecule has 47 heavy (non-hydrogen) atoms. The van der Waals surface area contributed by atoms with Crippen molar-refractivity contribution in [3.8, 4) is 0 Å². The molecule has 0 aliphatic rings. The fourth-order valence-electron chi connectivity index (χ4n) is 4.08. The third-order valence-electron chi connectivity index (χ3n) is 6.74. The Morgan fingerprint density at radius 2 is 1.09 bits per heavy atom. The van der Waals surface area contributed by atoms with E-state index in [1.54, 1.807) is 19.9 Å². The molecule has 0 fully saturated rings. The van der Waals surface area contributed by atoms with Gasteiger partial charge in [0.1, 0.15) is 0 Å². The van der Waals surface area contributed by atoms with E-state index in [2.05, 4.69) is 36.3 Å². The molecule has 0 unspecified atom stereocenters. The van der Waals surface area contributed by atoms with Crippen molar-refractivity contribution in [2.75, 3.05) is 27.7 Å². The summed E-state index contributed by atoms with van der Waals surface area (Å²) in [6.45, 7) is 6.38. The fourth-order valence-corrected chi connectivity index (χ4v) is 7.76. The van der Waals surface area contributed by atoms with Crippen molar-refractivity contribution in [1.29, 1.82) is 0 Å². The van der Waals surface area contributed by atoms with Crippen LogP contribution in [-0.4, -0.2) is 49.7 Å². The van der Waals surface area contributed by atoms with Crippen molar-refractivity contribution in [2.24, 2.45) is 10.2 Å². The number of aromatic nitrogens is 2. The smallest absolute Gasteiger partial charge is 0.231 e. The molecule has 0 bridgehead atoms. The minimum atomic E-state index is -3.58. The molecule has 3 aromatic carbocycles. The molecule has 0 aliphatic carbocycles. The molecule has 4 rings (SSSR count). The predicted molar refractivity (Wildman–Crippen MR) is 192 cm³/mol. The van der Waals surface area contributed by atoms with Gasteiger partial charge in [0.05, 0.1) is 52.8 Å². The van der Waals surface area contributed by atoms with Crippen LogP contribution >= 0.6 is 46.4 Å². The van der Waals surface area contributed by atoms with Gasteiger partial charge < -0.3 is 5.32 Å². The number of nitrogens with zero attached hydrogens (tertiary/aromatic N) is 4. The zero-order chi connectivity index (χ0) is 34.5. The largest absolute Gasteiger partial charge is 0.324 e. The van der Waals surface area contributed by atoms with Gasteiger partial charge in [-0.15, -0.1) is 0 Å². The van der Waals surface area contributed by atoms with Gasteiger partial charge in [-0.1, -0.05) is 90.6 Å². The third kappa shape index (κ3) is 8.53. The summed E-state index contributed by atoms with van der Waals surface area (Å²) in [6, 6.07) is 16.6. The molecule has 0 radical (unpaired) electrons. The normalized spacial score (nSPS) is 12.6. The van der Waals surface area contributed by atoms with Gasteiger partial charge in [0.25, 0.3) is 0 Å². The summed E-state index contributed by atoms with van der Waals surface area (Å²) < 4.78 is 49.5. The number of para-hydroxylation sites is 1. The molecule has 0 amide bonds. The number of nitrogens with one attached hydrogen (secondary N) is 3. The molecule has 1 heterocycles. The quantitative estimate of drug-likeness (QED) is 0.0961. The zero-order valence-electron chi connectivity index (χ0n) is 25.4. The minimum Gasteiger partial charge on any atom is -0.324 e. The van der Waals surface area contributed by atoms with Crippen LogP contribution in [0.3, 0.4) is 0 Å². The standard InChI is InChI=1S/C30H29Cl4N7O4S2/c1-5-46(42,43)22-14-12-20(26(31)28(22)33)17(3)38-40-24-16-25(37-30(36-24)35-19-10-8-7-9-11-19)41-39-18(4)21-13-15-23(29(34)27(21)32)47(44,45)6-2/h7-16H,5-6H2,1-4H3,(H3,35,36,37,40,41). The summed E-state index contributed by atoms with van der Waals surface area (Å²) in [5.74, 6) is 0.474. The van der Waals surface area contributed by atoms with Crippen molar-refractivity contribution in [3.63, 3.8) is 0 Å². The van der Waals surface area contributed by atoms with Crippen LogP contribution in [0.25, 0.3) is 0 Å². The summed E-state index contributed by atoms with van der Waals surface area (Å²) in [4.78, 5) is 8.85. The summed E-state index contributed by atoms with van der Waals surface area (Å²) in [5.41, 5.74) is 8.10. The first kappa shape index (κ1) is 36.4. The predicted octanol–water partition coefficient (Wildman–Crippen LogP) is 8.09. The number of hydrazone groups is 2. The first-order chi connectivity index (χ1) is 22.2. The van der Waals surface area contributed by atoms with Crippen LogP contribution < -0.4 is 16.2 Å². The molecular weight excluding hydrogens is 728 g/mol. The lowest BCUT2D eigenvalue weighted by Gasteiger charge is -2.12. The van der Waals surface area contributed by atoms with Crippen LogP contribution in [0, 0.1) is 0 Å². The third-order valence-corrected chi connectivity index (χ3v) is 12.3. The lowest BCUT2D eigenvalue weighted by Crippen LogP contribution is -2.09. The van der Waals surface area contributed by atoms with Crippen LogP contribution in [0.15, 0.2) is 80.7 Å². The summed E-state index contributed by atoms with van der Waals surface area (Å²) in [7, 11) is -7.16. The van der Waals surface area contributed by atoms with Crippen LogP contribution in [0.5, 0.6) is 0 Å². The summed E-state index contributed by atoms with van der Waals surface area (Å²) >= 11 is 25.5. The van der Waals surface area contributed by atoms with Gasteiger partial charge in [-0.3, -0.25) is 10.9 Å². The van der Waals surface area contributed by atoms with Crippen molar-refractivity contribution in [3.05, 3.63) is 91.9 Å². The highest BCUT2D eigenvalue weighted by Gasteiger charge is 2.22. The lowest BCUT2D eigenvalue weighted by molar-refractivity contribution is 0.595. The van der Waals surface area contributed by atoms with E-state index in [1.165, 1.54) is 38.1 Å². The van der Waals surface area contributed by atoms with Crippen LogP contribution in [0.2, 0.25) is 20.1 Å². The number of sulfone groups is 2. The van der Waals surface area contributed by atoms with E-state index in [4.69, 9.17) is 46.4 Å². The van der Waals surface area contributed by atoms with E-state index in [0.717, 1.165) is 5.69 Å². The summed E-state index contributed by atoms with van der Waals surface area (Å²) in [5, 5.41) is 11.8. The molecule has 0 saturated carbocycles. The first-order valence-corrected chi connectivity index (χ1v) is 18.7. The maximum absolute atomic E-state index is 12.4. The van der Waals surface area contributed by atoms with E-state index < -0.39 is 19.7 Å². The first-order valence-electron chi connectivity index (χ1n) is 13.9. The van der Waals surface area contributed by atoms with Crippen LogP contribution in [0.1, 0.15) is 38.8 Å². The van der Waals surface area contributed by atoms with Crippen LogP contribution in [-0.2, 0) is 19.7 Å². The molecule has 0 saturated heterocycles. The van der Waals surface area contributed by atoms with Gasteiger partial charge in [-0.05, 0) is 38.1 Å². The Kier molecular flexibility index (Phi) is 11.7. The number of benzene rings is 3. The second-order valence-electron chi connectivity index (χ2n) is 9.86. The topological polar surface area (TPSA) is 155 Å². The highest BCUT2D eigenvalue weighted by molar-refractivity contribution is 7.91. The van der Waals surface area contributed by atoms with E-state index in [1.807, 2.05) is 30.3 Å². The number of rotatable bonds is 12. The molecule has 0 spiro atoms. The highest BCUT2D eigenvalue weighted by Crippen LogP contribution is 2.34. The van der Waals surface area contributed by atoms with Crippen LogP contribution in [0.4, 0.5) is 23.3 Å². The van der Waals surface area contributed by atoms with Gasteiger partial charge >= 0.3 is 0 Å². The maximum atomic E-state index is 12.4. The number of halogens is 4. The fraction of sp³-hybridized carbons (Fsp3) is 0.200. The average molecular weight is 758 g/mol. The van der Waals surface area contributed by atoms with Gasteiger partial charge in [0, 0.05) is 22.9 Å². The molecule has 248 valence electrons. The number of hydrogen-bond donors (Lipinski definition) is 3. The average Bonchev–Trinajstić information content (AvgIpc) is 3.05. The second-order valence-corrected chi connectivity index (χ2v) is 15.9. The lowest BCUT2D eigenvalue weighted by atomic mass is 10.1. The molecule has 1 aromatic heterocycles. The van der Waals surface area contributed by atoms with Gasteiger partial charge in [-0.2, -0.15) is 20.2 Å². The van der Waals surface area contributed by atoms with Crippen molar-refractivity contribution in [1.82, 2.24) is 9.97 Å². The Labute approximate surface area is 293 Å². The Morgan fingerprint density at radius 1 is 0.660 bits per heavy atom. The van der Waals surface area contributed by atoms with E-state index in [9.17, 15) is 16.8 Å². The molecule has 11 nitrogen and oxygen atoms in total. The Balaban J connectivity index is 1.66. The molecule has 17 heteroatoms. The Bertz CT molecular complexity index is 1970. The molecular formula is C30H29Cl4N7O4S2. The Hall–Kier alpha value is -3.46. The van der Waals surface area contributed by atoms with Crippen molar-refractivity contribution in [2.45, 2.75) is 37.5 Å². The number of anilines is 4. The maximum Gasteiger partial charge on any atom is 0.231 e. The van der Waals surface area contributed by atoms with Gasteiger partial charge in [0.15, 0.2) is 31.3 Å². The molecule has 0 aliphatic heterocycles. The minimum absolute atomic E-state index is 0.0459. The molecule has 3 N–H and O–H groups in total. The van der Waals surface area contributed by atoms with Gasteiger partial charge in [-0.25, -0.2) is 16.8 Å². The number of hydrogen-bond acceptors (Lipinski definition) is 11. The molecule has 0 atom stereocenters. The van der Waals surface area contributed by atoms with Crippen molar-refractivity contribution >= 4 is 101 Å². The zero-order valence-corrected chi connectivity index (χ0v) is 30.1.